The Bertz CT molecular complexity index is 542. The lowest BCUT2D eigenvalue weighted by Gasteiger charge is -2.37. The summed E-state index contributed by atoms with van der Waals surface area (Å²) in [5, 5.41) is 3.03. The fourth-order valence-electron chi connectivity index (χ4n) is 3.28. The fraction of sp³-hybridized carbons (Fsp3) is 0.588. The summed E-state index contributed by atoms with van der Waals surface area (Å²) in [4.78, 5) is 30.3. The first-order valence-corrected chi connectivity index (χ1v) is 8.12. The van der Waals surface area contributed by atoms with E-state index >= 15 is 0 Å². The molecule has 2 atom stereocenters. The highest BCUT2D eigenvalue weighted by Crippen LogP contribution is 2.34. The number of carbonyl (C=O) groups is 2. The molecule has 0 bridgehead atoms. The van der Waals surface area contributed by atoms with Gasteiger partial charge in [-0.25, -0.2) is 0 Å². The predicted molar refractivity (Wildman–Crippen MR) is 82.8 cm³/mol. The molecule has 1 aliphatic heterocycles. The van der Waals surface area contributed by atoms with E-state index in [9.17, 15) is 9.59 Å². The minimum Gasteiger partial charge on any atom is -0.348 e. The Morgan fingerprint density at radius 3 is 2.77 bits per heavy atom. The number of likely N-dealkylation sites (tertiary alicyclic amines) is 1. The lowest BCUT2D eigenvalue weighted by Crippen LogP contribution is -2.45. The van der Waals surface area contributed by atoms with Crippen LogP contribution >= 0.6 is 0 Å². The van der Waals surface area contributed by atoms with Crippen LogP contribution in [-0.2, 0) is 9.59 Å². The lowest BCUT2D eigenvalue weighted by atomic mass is 9.88. The molecule has 1 aliphatic carbocycles. The number of piperidine rings is 1. The highest BCUT2D eigenvalue weighted by molar-refractivity contribution is 5.81. The van der Waals surface area contributed by atoms with Crippen molar-refractivity contribution in [1.29, 1.82) is 0 Å². The summed E-state index contributed by atoms with van der Waals surface area (Å²) >= 11 is 0. The predicted octanol–water partition coefficient (Wildman–Crippen LogP) is 1.91. The number of nitrogens with one attached hydrogen (secondary N) is 1. The third-order valence-electron chi connectivity index (χ3n) is 4.53. The van der Waals surface area contributed by atoms with Crippen LogP contribution in [-0.4, -0.2) is 34.8 Å². The Hall–Kier alpha value is -1.91. The maximum Gasteiger partial charge on any atom is 0.225 e. The molecule has 3 rings (SSSR count). The molecule has 2 fully saturated rings. The van der Waals surface area contributed by atoms with Crippen molar-refractivity contribution >= 4 is 11.8 Å². The Labute approximate surface area is 131 Å². The van der Waals surface area contributed by atoms with E-state index in [0.29, 0.717) is 5.91 Å². The van der Waals surface area contributed by atoms with Gasteiger partial charge in [0.2, 0.25) is 11.8 Å². The van der Waals surface area contributed by atoms with E-state index in [4.69, 9.17) is 0 Å². The standard InChI is InChI=1S/C17H23N3O2/c1-12(21)19-16(15-6-2-3-9-18-15)14-5-4-10-20(11-14)17(22)13-7-8-13/h2-3,6,9,13-14,16H,4-5,7-8,10-11H2,1H3,(H,19,21)/t14-,16-/m1/s1. The molecule has 2 heterocycles. The van der Waals surface area contributed by atoms with Crippen LogP contribution in [0.15, 0.2) is 24.4 Å². The van der Waals surface area contributed by atoms with E-state index in [1.165, 1.54) is 6.92 Å². The van der Waals surface area contributed by atoms with Gasteiger partial charge < -0.3 is 10.2 Å². The van der Waals surface area contributed by atoms with E-state index in [1.807, 2.05) is 23.1 Å². The zero-order valence-corrected chi connectivity index (χ0v) is 13.0. The minimum atomic E-state index is -0.117. The summed E-state index contributed by atoms with van der Waals surface area (Å²) in [5.74, 6) is 0.733. The molecule has 0 unspecified atom stereocenters. The van der Waals surface area contributed by atoms with Gasteiger partial charge in [-0.2, -0.15) is 0 Å². The summed E-state index contributed by atoms with van der Waals surface area (Å²) < 4.78 is 0. The Morgan fingerprint density at radius 2 is 2.14 bits per heavy atom. The molecule has 0 radical (unpaired) electrons. The number of rotatable bonds is 4. The van der Waals surface area contributed by atoms with Crippen molar-refractivity contribution in [2.24, 2.45) is 11.8 Å². The van der Waals surface area contributed by atoms with E-state index < -0.39 is 0 Å². The summed E-state index contributed by atoms with van der Waals surface area (Å²) in [6.07, 6.45) is 5.83. The van der Waals surface area contributed by atoms with Crippen molar-refractivity contribution in [1.82, 2.24) is 15.2 Å². The van der Waals surface area contributed by atoms with Crippen molar-refractivity contribution in [3.8, 4) is 0 Å². The number of hydrogen-bond donors (Lipinski definition) is 1. The summed E-state index contributed by atoms with van der Waals surface area (Å²) in [6.45, 7) is 3.10. The van der Waals surface area contributed by atoms with Gasteiger partial charge in [0.15, 0.2) is 0 Å². The maximum absolute atomic E-state index is 12.3. The van der Waals surface area contributed by atoms with E-state index in [0.717, 1.165) is 44.5 Å². The smallest absolute Gasteiger partial charge is 0.225 e. The second kappa shape index (κ2) is 6.46. The van der Waals surface area contributed by atoms with Gasteiger partial charge in [-0.15, -0.1) is 0 Å². The van der Waals surface area contributed by atoms with Crippen molar-refractivity contribution in [3.05, 3.63) is 30.1 Å². The highest BCUT2D eigenvalue weighted by atomic mass is 16.2. The Morgan fingerprint density at radius 1 is 1.32 bits per heavy atom. The van der Waals surface area contributed by atoms with E-state index in [-0.39, 0.29) is 23.8 Å². The van der Waals surface area contributed by atoms with Crippen LogP contribution in [0.4, 0.5) is 0 Å². The quantitative estimate of drug-likeness (QED) is 0.924. The van der Waals surface area contributed by atoms with Gasteiger partial charge in [-0.3, -0.25) is 14.6 Å². The summed E-state index contributed by atoms with van der Waals surface area (Å²) in [6, 6.07) is 5.64. The Kier molecular flexibility index (Phi) is 4.41. The molecule has 5 nitrogen and oxygen atoms in total. The van der Waals surface area contributed by atoms with Gasteiger partial charge in [0.05, 0.1) is 11.7 Å². The van der Waals surface area contributed by atoms with Crippen LogP contribution in [0, 0.1) is 11.8 Å². The van der Waals surface area contributed by atoms with E-state index in [1.54, 1.807) is 6.20 Å². The minimum absolute atomic E-state index is 0.0544. The number of carbonyl (C=O) groups excluding carboxylic acids is 2. The van der Waals surface area contributed by atoms with Gasteiger partial charge >= 0.3 is 0 Å². The monoisotopic (exact) mass is 301 g/mol. The van der Waals surface area contributed by atoms with Crippen LogP contribution in [0.2, 0.25) is 0 Å². The van der Waals surface area contributed by atoms with Crippen LogP contribution in [0.1, 0.15) is 44.3 Å². The largest absolute Gasteiger partial charge is 0.348 e. The molecular formula is C17H23N3O2. The molecule has 118 valence electrons. The molecule has 2 amide bonds. The average Bonchev–Trinajstić information content (AvgIpc) is 3.37. The van der Waals surface area contributed by atoms with Gasteiger partial charge in [0.1, 0.15) is 0 Å². The first-order chi connectivity index (χ1) is 10.6. The van der Waals surface area contributed by atoms with Crippen molar-refractivity contribution in [3.63, 3.8) is 0 Å². The number of pyridine rings is 1. The Balaban J connectivity index is 1.75. The molecule has 1 saturated carbocycles. The van der Waals surface area contributed by atoms with Crippen molar-refractivity contribution < 1.29 is 9.59 Å². The molecule has 1 N–H and O–H groups in total. The van der Waals surface area contributed by atoms with Gasteiger partial charge in [-0.1, -0.05) is 6.07 Å². The molecule has 1 aromatic heterocycles. The van der Waals surface area contributed by atoms with Gasteiger partial charge in [0, 0.05) is 38.0 Å². The van der Waals surface area contributed by atoms with Crippen molar-refractivity contribution in [2.75, 3.05) is 13.1 Å². The third kappa shape index (κ3) is 3.46. The molecule has 0 aromatic carbocycles. The summed E-state index contributed by atoms with van der Waals surface area (Å²) in [5.41, 5.74) is 0.878. The van der Waals surface area contributed by atoms with Crippen LogP contribution in [0.25, 0.3) is 0 Å². The molecule has 2 aliphatic rings. The maximum atomic E-state index is 12.3. The van der Waals surface area contributed by atoms with Gasteiger partial charge in [0.25, 0.3) is 0 Å². The normalized spacial score (nSPS) is 23.0. The van der Waals surface area contributed by atoms with Crippen molar-refractivity contribution in [2.45, 2.75) is 38.6 Å². The van der Waals surface area contributed by atoms with Crippen LogP contribution < -0.4 is 5.32 Å². The number of aromatic nitrogens is 1. The molecule has 1 aromatic rings. The SMILES string of the molecule is CC(=O)N[C@@H](c1ccccn1)[C@@H]1CCCN(C(=O)C2CC2)C1. The number of amides is 2. The second-order valence-corrected chi connectivity index (χ2v) is 6.39. The number of hydrogen-bond acceptors (Lipinski definition) is 3. The molecule has 1 saturated heterocycles. The fourth-order valence-corrected chi connectivity index (χ4v) is 3.28. The first-order valence-electron chi connectivity index (χ1n) is 8.12. The second-order valence-electron chi connectivity index (χ2n) is 6.39. The average molecular weight is 301 g/mol. The van der Waals surface area contributed by atoms with Gasteiger partial charge in [-0.05, 0) is 37.8 Å². The molecule has 5 heteroatoms. The molecule has 22 heavy (non-hydrogen) atoms. The van der Waals surface area contributed by atoms with E-state index in [2.05, 4.69) is 10.3 Å². The summed E-state index contributed by atoms with van der Waals surface area (Å²) in [7, 11) is 0. The molecular weight excluding hydrogens is 278 g/mol. The highest BCUT2D eigenvalue weighted by Gasteiger charge is 2.37. The topological polar surface area (TPSA) is 62.3 Å². The third-order valence-corrected chi connectivity index (χ3v) is 4.53. The molecule has 0 spiro atoms. The zero-order chi connectivity index (χ0) is 15.5. The lowest BCUT2D eigenvalue weighted by molar-refractivity contribution is -0.134. The van der Waals surface area contributed by atoms with Crippen LogP contribution in [0.5, 0.6) is 0 Å². The van der Waals surface area contributed by atoms with Crippen LogP contribution in [0.3, 0.4) is 0 Å². The number of nitrogens with zero attached hydrogens (tertiary/aromatic N) is 2. The first kappa shape index (κ1) is 15.0. The zero-order valence-electron chi connectivity index (χ0n) is 13.0.